The number of hydrogen-bond donors (Lipinski definition) is 2. The second-order valence-corrected chi connectivity index (χ2v) is 7.32. The minimum atomic E-state index is -0.970. The van der Waals surface area contributed by atoms with Crippen LogP contribution in [0.4, 0.5) is 8.78 Å². The standard InChI is InChI=1S/C15H11BrF2N2O2S/c16-7-1-2-8(17)11(12(7)18)15-4-6(15)13-9(3-10(21)22)19-14(23)20(13)5-15/h1-2,6H,3-5H2,(H,19,23)(H,21,22)/t6-,15-/m0/s1. The molecule has 0 bridgehead atoms. The number of aromatic amines is 1. The molecule has 23 heavy (non-hydrogen) atoms. The third-order valence-electron chi connectivity index (χ3n) is 4.82. The number of H-pyrrole nitrogens is 1. The van der Waals surface area contributed by atoms with Gasteiger partial charge in [0.2, 0.25) is 0 Å². The molecule has 1 fully saturated rings. The molecule has 4 rings (SSSR count). The highest BCUT2D eigenvalue weighted by Gasteiger charge is 2.64. The fraction of sp³-hybridized carbons (Fsp3) is 0.333. The van der Waals surface area contributed by atoms with Crippen LogP contribution in [0.15, 0.2) is 16.6 Å². The van der Waals surface area contributed by atoms with Crippen LogP contribution in [0, 0.1) is 16.4 Å². The van der Waals surface area contributed by atoms with E-state index in [9.17, 15) is 13.6 Å². The monoisotopic (exact) mass is 400 g/mol. The van der Waals surface area contributed by atoms with E-state index in [2.05, 4.69) is 20.9 Å². The lowest BCUT2D eigenvalue weighted by Gasteiger charge is -2.16. The van der Waals surface area contributed by atoms with Crippen LogP contribution in [-0.2, 0) is 23.2 Å². The number of fused-ring (bicyclic) bond motifs is 3. The highest BCUT2D eigenvalue weighted by atomic mass is 79.9. The van der Waals surface area contributed by atoms with E-state index in [1.54, 1.807) is 4.57 Å². The Kier molecular flexibility index (Phi) is 3.09. The highest BCUT2D eigenvalue weighted by Crippen LogP contribution is 2.67. The molecule has 0 saturated heterocycles. The van der Waals surface area contributed by atoms with Crippen molar-refractivity contribution in [3.8, 4) is 0 Å². The SMILES string of the molecule is O=C(O)Cc1[nH]c(=S)n2c1[C@@H]1C[C@]1(c1c(F)ccc(Br)c1F)C2. The maximum atomic E-state index is 14.5. The smallest absolute Gasteiger partial charge is 0.309 e. The molecule has 2 atom stereocenters. The number of hydrogen-bond acceptors (Lipinski definition) is 2. The van der Waals surface area contributed by atoms with Crippen molar-refractivity contribution in [2.75, 3.05) is 0 Å². The van der Waals surface area contributed by atoms with Gasteiger partial charge in [0.15, 0.2) is 4.77 Å². The summed E-state index contributed by atoms with van der Waals surface area (Å²) in [6.07, 6.45) is 0.415. The second kappa shape index (κ2) is 4.73. The number of carboxylic acids is 1. The van der Waals surface area contributed by atoms with Crippen LogP contribution in [0.5, 0.6) is 0 Å². The predicted molar refractivity (Wildman–Crippen MR) is 84.1 cm³/mol. The van der Waals surface area contributed by atoms with Crippen LogP contribution in [0.1, 0.15) is 29.3 Å². The number of carbonyl (C=O) groups is 1. The summed E-state index contributed by atoms with van der Waals surface area (Å²) in [6.45, 7) is 0.367. The van der Waals surface area contributed by atoms with Gasteiger partial charge in [0.1, 0.15) is 11.6 Å². The quantitative estimate of drug-likeness (QED) is 0.610. The Morgan fingerprint density at radius 1 is 1.52 bits per heavy atom. The van der Waals surface area contributed by atoms with Gasteiger partial charge >= 0.3 is 5.97 Å². The Hall–Kier alpha value is -1.54. The molecular formula is C15H11BrF2N2O2S. The van der Waals surface area contributed by atoms with Crippen molar-refractivity contribution in [2.45, 2.75) is 30.7 Å². The predicted octanol–water partition coefficient (Wildman–Crippen LogP) is 3.65. The van der Waals surface area contributed by atoms with Gasteiger partial charge in [-0.25, -0.2) is 8.78 Å². The van der Waals surface area contributed by atoms with Gasteiger partial charge in [0.25, 0.3) is 0 Å². The van der Waals surface area contributed by atoms with Crippen LogP contribution < -0.4 is 0 Å². The molecule has 2 heterocycles. The van der Waals surface area contributed by atoms with E-state index in [0.29, 0.717) is 23.4 Å². The maximum absolute atomic E-state index is 14.5. The van der Waals surface area contributed by atoms with Gasteiger partial charge in [-0.1, -0.05) is 0 Å². The van der Waals surface area contributed by atoms with Crippen molar-refractivity contribution in [3.63, 3.8) is 0 Å². The Labute approximate surface area is 143 Å². The Balaban J connectivity index is 1.84. The summed E-state index contributed by atoms with van der Waals surface area (Å²) in [5, 5.41) is 9.02. The van der Waals surface area contributed by atoms with Crippen molar-refractivity contribution in [3.05, 3.63) is 50.0 Å². The molecule has 4 nitrogen and oxygen atoms in total. The van der Waals surface area contributed by atoms with Crippen molar-refractivity contribution in [1.29, 1.82) is 0 Å². The van der Waals surface area contributed by atoms with E-state index in [0.717, 1.165) is 5.69 Å². The zero-order valence-corrected chi connectivity index (χ0v) is 14.1. The normalized spacial score (nSPS) is 24.4. The summed E-state index contributed by atoms with van der Waals surface area (Å²) in [5.41, 5.74) is 0.707. The molecule has 2 aliphatic rings. The Bertz CT molecular complexity index is 923. The van der Waals surface area contributed by atoms with Gasteiger partial charge in [0.05, 0.1) is 10.9 Å². The lowest BCUT2D eigenvalue weighted by Crippen LogP contribution is -2.17. The van der Waals surface area contributed by atoms with Crippen molar-refractivity contribution >= 4 is 34.1 Å². The molecule has 0 unspecified atom stereocenters. The fourth-order valence-corrected chi connectivity index (χ4v) is 4.45. The van der Waals surface area contributed by atoms with Gasteiger partial charge in [-0.05, 0) is 46.7 Å². The molecule has 8 heteroatoms. The number of imidazole rings is 1. The molecule has 1 aromatic heterocycles. The zero-order chi connectivity index (χ0) is 16.5. The number of carboxylic acid groups (broad SMARTS) is 1. The second-order valence-electron chi connectivity index (χ2n) is 6.08. The van der Waals surface area contributed by atoms with E-state index in [-0.39, 0.29) is 22.4 Å². The number of halogens is 3. The summed E-state index contributed by atoms with van der Waals surface area (Å²) in [6, 6.07) is 2.60. The first-order chi connectivity index (χ1) is 10.8. The lowest BCUT2D eigenvalue weighted by atomic mass is 9.93. The number of nitrogens with one attached hydrogen (secondary N) is 1. The molecule has 1 aromatic carbocycles. The molecular weight excluding hydrogens is 390 g/mol. The lowest BCUT2D eigenvalue weighted by molar-refractivity contribution is -0.136. The highest BCUT2D eigenvalue weighted by molar-refractivity contribution is 9.10. The maximum Gasteiger partial charge on any atom is 0.309 e. The van der Waals surface area contributed by atoms with Gasteiger partial charge in [0, 0.05) is 34.8 Å². The van der Waals surface area contributed by atoms with Gasteiger partial charge < -0.3 is 14.7 Å². The van der Waals surface area contributed by atoms with Gasteiger partial charge in [-0.2, -0.15) is 0 Å². The number of nitrogens with zero attached hydrogens (tertiary/aromatic N) is 1. The number of aliphatic carboxylic acids is 1. The molecule has 1 saturated carbocycles. The Morgan fingerprint density at radius 3 is 2.96 bits per heavy atom. The number of benzene rings is 1. The Morgan fingerprint density at radius 2 is 2.26 bits per heavy atom. The van der Waals surface area contributed by atoms with E-state index in [1.165, 1.54) is 12.1 Å². The zero-order valence-electron chi connectivity index (χ0n) is 11.7. The van der Waals surface area contributed by atoms with Crippen LogP contribution in [-0.4, -0.2) is 20.6 Å². The van der Waals surface area contributed by atoms with E-state index in [4.69, 9.17) is 17.3 Å². The number of rotatable bonds is 3. The van der Waals surface area contributed by atoms with Crippen LogP contribution in [0.3, 0.4) is 0 Å². The average Bonchev–Trinajstić information content (AvgIpc) is 2.95. The third kappa shape index (κ3) is 1.97. The summed E-state index contributed by atoms with van der Waals surface area (Å²) < 4.78 is 31.2. The largest absolute Gasteiger partial charge is 0.481 e. The molecule has 1 aliphatic carbocycles. The summed E-state index contributed by atoms with van der Waals surface area (Å²) in [5.74, 6) is -2.24. The fourth-order valence-electron chi connectivity index (χ4n) is 3.83. The topological polar surface area (TPSA) is 58.0 Å². The van der Waals surface area contributed by atoms with Gasteiger partial charge in [-0.3, -0.25) is 4.79 Å². The van der Waals surface area contributed by atoms with Crippen LogP contribution >= 0.6 is 28.1 Å². The molecule has 0 radical (unpaired) electrons. The summed E-state index contributed by atoms with van der Waals surface area (Å²) >= 11 is 8.34. The molecule has 1 aliphatic heterocycles. The van der Waals surface area contributed by atoms with Crippen molar-refractivity contribution < 1.29 is 18.7 Å². The first kappa shape index (κ1) is 15.0. The summed E-state index contributed by atoms with van der Waals surface area (Å²) in [7, 11) is 0. The third-order valence-corrected chi connectivity index (χ3v) is 5.75. The van der Waals surface area contributed by atoms with Crippen LogP contribution in [0.25, 0.3) is 0 Å². The first-order valence-corrected chi connectivity index (χ1v) is 8.22. The van der Waals surface area contributed by atoms with Crippen molar-refractivity contribution in [2.24, 2.45) is 0 Å². The molecule has 0 amide bonds. The van der Waals surface area contributed by atoms with Gasteiger partial charge in [-0.15, -0.1) is 0 Å². The molecule has 0 spiro atoms. The van der Waals surface area contributed by atoms with E-state index >= 15 is 0 Å². The minimum Gasteiger partial charge on any atom is -0.481 e. The van der Waals surface area contributed by atoms with E-state index in [1.807, 2.05) is 0 Å². The molecule has 2 N–H and O–H groups in total. The average molecular weight is 401 g/mol. The summed E-state index contributed by atoms with van der Waals surface area (Å²) in [4.78, 5) is 13.9. The van der Waals surface area contributed by atoms with Crippen LogP contribution in [0.2, 0.25) is 0 Å². The first-order valence-electron chi connectivity index (χ1n) is 7.02. The van der Waals surface area contributed by atoms with E-state index < -0.39 is 23.0 Å². The molecule has 120 valence electrons. The molecule has 2 aromatic rings. The number of aromatic nitrogens is 2. The van der Waals surface area contributed by atoms with Crippen molar-refractivity contribution in [1.82, 2.24) is 9.55 Å². The minimum absolute atomic E-state index is 0.0660.